The van der Waals surface area contributed by atoms with Gasteiger partial charge in [-0.05, 0) is 24.5 Å². The predicted molar refractivity (Wildman–Crippen MR) is 59.0 cm³/mol. The molecule has 0 amide bonds. The topological polar surface area (TPSA) is 12.0 Å². The Morgan fingerprint density at radius 2 is 1.77 bits per heavy atom. The third-order valence-corrected chi connectivity index (χ3v) is 2.37. The third-order valence-electron chi connectivity index (χ3n) is 2.37. The van der Waals surface area contributed by atoms with Crippen LogP contribution in [0.1, 0.15) is 27.2 Å². The van der Waals surface area contributed by atoms with Gasteiger partial charge < -0.3 is 5.32 Å². The predicted octanol–water partition coefficient (Wildman–Crippen LogP) is 3.53. The minimum atomic E-state index is 0.586. The molecule has 0 aromatic heterocycles. The molecule has 72 valence electrons. The molecule has 0 aliphatic carbocycles. The molecule has 1 atom stereocenters. The first-order chi connectivity index (χ1) is 6.24. The van der Waals surface area contributed by atoms with Crippen molar-refractivity contribution in [3.8, 4) is 0 Å². The molecule has 1 nitrogen and oxygen atoms in total. The molecule has 1 heteroatoms. The van der Waals surface area contributed by atoms with E-state index in [-0.39, 0.29) is 0 Å². The van der Waals surface area contributed by atoms with Crippen LogP contribution in [-0.2, 0) is 0 Å². The molecule has 0 bridgehead atoms. The standard InChI is InChI=1S/C12H19N/c1-4-12(10(2)3)13-11-8-6-5-7-9-11/h5-10,12-13H,4H2,1-3H3/t12-/m0/s1. The third kappa shape index (κ3) is 3.10. The maximum Gasteiger partial charge on any atom is 0.0342 e. The van der Waals surface area contributed by atoms with E-state index >= 15 is 0 Å². The van der Waals surface area contributed by atoms with Crippen molar-refractivity contribution in [3.63, 3.8) is 0 Å². The van der Waals surface area contributed by atoms with Gasteiger partial charge in [-0.25, -0.2) is 0 Å². The summed E-state index contributed by atoms with van der Waals surface area (Å²) in [4.78, 5) is 0. The smallest absolute Gasteiger partial charge is 0.0342 e. The van der Waals surface area contributed by atoms with E-state index in [1.54, 1.807) is 0 Å². The molecular formula is C12H19N. The summed E-state index contributed by atoms with van der Waals surface area (Å²) in [6.45, 7) is 6.73. The average molecular weight is 177 g/mol. The lowest BCUT2D eigenvalue weighted by molar-refractivity contribution is 0.511. The Kier molecular flexibility index (Phi) is 3.81. The lowest BCUT2D eigenvalue weighted by Crippen LogP contribution is -2.24. The van der Waals surface area contributed by atoms with Crippen LogP contribution in [0.3, 0.4) is 0 Å². The molecule has 0 saturated carbocycles. The Hall–Kier alpha value is -0.980. The fraction of sp³-hybridized carbons (Fsp3) is 0.500. The molecule has 0 unspecified atom stereocenters. The van der Waals surface area contributed by atoms with Crippen molar-refractivity contribution in [3.05, 3.63) is 30.3 Å². The molecule has 1 aromatic carbocycles. The zero-order valence-electron chi connectivity index (χ0n) is 8.75. The van der Waals surface area contributed by atoms with Crippen LogP contribution in [-0.4, -0.2) is 6.04 Å². The van der Waals surface area contributed by atoms with Crippen molar-refractivity contribution in [1.82, 2.24) is 0 Å². The van der Waals surface area contributed by atoms with E-state index in [0.717, 1.165) is 0 Å². The van der Waals surface area contributed by atoms with Gasteiger partial charge in [0.15, 0.2) is 0 Å². The Balaban J connectivity index is 2.57. The average Bonchev–Trinajstić information content (AvgIpc) is 2.15. The van der Waals surface area contributed by atoms with Crippen molar-refractivity contribution in [1.29, 1.82) is 0 Å². The first-order valence-electron chi connectivity index (χ1n) is 5.05. The quantitative estimate of drug-likeness (QED) is 0.741. The van der Waals surface area contributed by atoms with E-state index in [1.807, 2.05) is 6.07 Å². The van der Waals surface area contributed by atoms with E-state index in [2.05, 4.69) is 50.4 Å². The zero-order chi connectivity index (χ0) is 9.68. The van der Waals surface area contributed by atoms with Crippen LogP contribution in [0, 0.1) is 5.92 Å². The van der Waals surface area contributed by atoms with Gasteiger partial charge in [-0.1, -0.05) is 39.0 Å². The van der Waals surface area contributed by atoms with E-state index in [4.69, 9.17) is 0 Å². The molecule has 0 saturated heterocycles. The number of hydrogen-bond acceptors (Lipinski definition) is 1. The molecule has 0 radical (unpaired) electrons. The molecule has 13 heavy (non-hydrogen) atoms. The van der Waals surface area contributed by atoms with Gasteiger partial charge in [0.05, 0.1) is 0 Å². The molecule has 0 aliphatic rings. The van der Waals surface area contributed by atoms with Gasteiger partial charge in [0, 0.05) is 11.7 Å². The van der Waals surface area contributed by atoms with Crippen LogP contribution in [0.25, 0.3) is 0 Å². The second kappa shape index (κ2) is 4.90. The van der Waals surface area contributed by atoms with Crippen LogP contribution < -0.4 is 5.32 Å². The highest BCUT2D eigenvalue weighted by atomic mass is 14.9. The zero-order valence-corrected chi connectivity index (χ0v) is 8.75. The highest BCUT2D eigenvalue weighted by Crippen LogP contribution is 2.14. The van der Waals surface area contributed by atoms with Gasteiger partial charge in [-0.2, -0.15) is 0 Å². The molecule has 1 N–H and O–H groups in total. The van der Waals surface area contributed by atoms with E-state index in [0.29, 0.717) is 12.0 Å². The minimum absolute atomic E-state index is 0.586. The summed E-state index contributed by atoms with van der Waals surface area (Å²) in [5, 5.41) is 3.53. The fourth-order valence-electron chi connectivity index (χ4n) is 1.49. The monoisotopic (exact) mass is 177 g/mol. The van der Waals surface area contributed by atoms with Crippen molar-refractivity contribution in [2.45, 2.75) is 33.2 Å². The highest BCUT2D eigenvalue weighted by Gasteiger charge is 2.09. The summed E-state index contributed by atoms with van der Waals surface area (Å²) in [7, 11) is 0. The minimum Gasteiger partial charge on any atom is -0.382 e. The molecule has 0 heterocycles. The summed E-state index contributed by atoms with van der Waals surface area (Å²) in [5.41, 5.74) is 1.23. The Labute approximate surface area is 81.2 Å². The van der Waals surface area contributed by atoms with Gasteiger partial charge in [0.25, 0.3) is 0 Å². The van der Waals surface area contributed by atoms with Crippen LogP contribution in [0.4, 0.5) is 5.69 Å². The first-order valence-corrected chi connectivity index (χ1v) is 5.05. The second-order valence-electron chi connectivity index (χ2n) is 3.77. The Bertz CT molecular complexity index is 228. The van der Waals surface area contributed by atoms with Gasteiger partial charge in [-0.15, -0.1) is 0 Å². The van der Waals surface area contributed by atoms with E-state index < -0.39 is 0 Å². The number of anilines is 1. The number of para-hydroxylation sites is 1. The summed E-state index contributed by atoms with van der Waals surface area (Å²) in [6.07, 6.45) is 1.17. The van der Waals surface area contributed by atoms with Crippen LogP contribution in [0.15, 0.2) is 30.3 Å². The number of hydrogen-bond donors (Lipinski definition) is 1. The fourth-order valence-corrected chi connectivity index (χ4v) is 1.49. The van der Waals surface area contributed by atoms with Crippen molar-refractivity contribution < 1.29 is 0 Å². The SMILES string of the molecule is CC[C@H](Nc1ccccc1)C(C)C. The van der Waals surface area contributed by atoms with Gasteiger partial charge in [-0.3, -0.25) is 0 Å². The first kappa shape index (κ1) is 10.1. The van der Waals surface area contributed by atoms with Crippen molar-refractivity contribution in [2.75, 3.05) is 5.32 Å². The number of benzene rings is 1. The molecule has 1 aromatic rings. The molecule has 0 fully saturated rings. The Morgan fingerprint density at radius 3 is 2.23 bits per heavy atom. The molecular weight excluding hydrogens is 158 g/mol. The summed E-state index contributed by atoms with van der Waals surface area (Å²) in [6, 6.07) is 11.0. The van der Waals surface area contributed by atoms with Crippen LogP contribution in [0.5, 0.6) is 0 Å². The summed E-state index contributed by atoms with van der Waals surface area (Å²) < 4.78 is 0. The van der Waals surface area contributed by atoms with E-state index in [1.165, 1.54) is 12.1 Å². The van der Waals surface area contributed by atoms with Crippen LogP contribution in [0.2, 0.25) is 0 Å². The normalized spacial score (nSPS) is 12.9. The lowest BCUT2D eigenvalue weighted by atomic mass is 10.0. The summed E-state index contributed by atoms with van der Waals surface area (Å²) in [5.74, 6) is 0.685. The Morgan fingerprint density at radius 1 is 1.15 bits per heavy atom. The van der Waals surface area contributed by atoms with Crippen molar-refractivity contribution in [2.24, 2.45) is 5.92 Å². The number of rotatable bonds is 4. The molecule has 1 rings (SSSR count). The maximum atomic E-state index is 3.53. The second-order valence-corrected chi connectivity index (χ2v) is 3.77. The largest absolute Gasteiger partial charge is 0.382 e. The van der Waals surface area contributed by atoms with Gasteiger partial charge in [0.2, 0.25) is 0 Å². The van der Waals surface area contributed by atoms with Gasteiger partial charge in [0.1, 0.15) is 0 Å². The highest BCUT2D eigenvalue weighted by molar-refractivity contribution is 5.43. The lowest BCUT2D eigenvalue weighted by Gasteiger charge is -2.21. The molecule has 0 aliphatic heterocycles. The number of nitrogens with one attached hydrogen (secondary N) is 1. The van der Waals surface area contributed by atoms with Crippen LogP contribution >= 0.6 is 0 Å². The van der Waals surface area contributed by atoms with Crippen molar-refractivity contribution >= 4 is 5.69 Å². The maximum absolute atomic E-state index is 3.53. The molecule has 0 spiro atoms. The van der Waals surface area contributed by atoms with Gasteiger partial charge >= 0.3 is 0 Å². The van der Waals surface area contributed by atoms with E-state index in [9.17, 15) is 0 Å². The summed E-state index contributed by atoms with van der Waals surface area (Å²) >= 11 is 0.